The summed E-state index contributed by atoms with van der Waals surface area (Å²) in [5.74, 6) is -8.50. The number of rotatable bonds is 9. The summed E-state index contributed by atoms with van der Waals surface area (Å²) in [5.41, 5.74) is 0.634. The van der Waals surface area contributed by atoms with E-state index in [1.165, 1.54) is 12.1 Å². The zero-order valence-corrected chi connectivity index (χ0v) is 16.1. The third kappa shape index (κ3) is 5.72. The van der Waals surface area contributed by atoms with Gasteiger partial charge in [0.2, 0.25) is 0 Å². The fraction of sp³-hybridized carbons (Fsp3) is 0.533. The van der Waals surface area contributed by atoms with Crippen molar-refractivity contribution in [3.05, 3.63) is 34.9 Å². The second kappa shape index (κ2) is 9.04. The standard InChI is InChI=1S/C15H14ClF7O5S/c1-27-12(24)11(4-2-3-9-5-7-10(16)8-6-9)28-29(25,26)15(22,23)13(17,18)14(19,20)21/h5-8,11H,2-4H2,1H3. The average molecular weight is 475 g/mol. The lowest BCUT2D eigenvalue weighted by atomic mass is 10.1. The summed E-state index contributed by atoms with van der Waals surface area (Å²) in [6.07, 6.45) is -9.79. The minimum atomic E-state index is -6.96. The molecule has 1 aromatic rings. The van der Waals surface area contributed by atoms with Gasteiger partial charge in [-0.1, -0.05) is 23.7 Å². The molecule has 0 bridgehead atoms. The average Bonchev–Trinajstić information content (AvgIpc) is 2.60. The topological polar surface area (TPSA) is 69.7 Å². The monoisotopic (exact) mass is 474 g/mol. The second-order valence-electron chi connectivity index (χ2n) is 5.67. The van der Waals surface area contributed by atoms with Gasteiger partial charge in [0.15, 0.2) is 6.10 Å². The Morgan fingerprint density at radius 2 is 1.59 bits per heavy atom. The molecule has 166 valence electrons. The van der Waals surface area contributed by atoms with Crippen LogP contribution in [0.3, 0.4) is 0 Å². The van der Waals surface area contributed by atoms with E-state index in [0.717, 1.165) is 0 Å². The number of aryl methyl sites for hydroxylation is 1. The summed E-state index contributed by atoms with van der Waals surface area (Å²) in [6, 6.07) is 6.14. The molecule has 1 aromatic carbocycles. The number of methoxy groups -OCH3 is 1. The minimum absolute atomic E-state index is 0.0852. The number of ether oxygens (including phenoxy) is 1. The molecule has 0 fully saturated rings. The summed E-state index contributed by atoms with van der Waals surface area (Å²) in [5, 5.41) is -6.27. The second-order valence-corrected chi connectivity index (χ2v) is 7.72. The van der Waals surface area contributed by atoms with Crippen LogP contribution in [0.4, 0.5) is 30.7 Å². The van der Waals surface area contributed by atoms with Gasteiger partial charge in [-0.2, -0.15) is 39.2 Å². The first-order chi connectivity index (χ1) is 13.1. The van der Waals surface area contributed by atoms with Gasteiger partial charge in [-0.25, -0.2) is 4.79 Å². The summed E-state index contributed by atoms with van der Waals surface area (Å²) >= 11 is 5.68. The maximum absolute atomic E-state index is 13.5. The van der Waals surface area contributed by atoms with Crippen molar-refractivity contribution < 1.29 is 52.9 Å². The third-order valence-corrected chi connectivity index (χ3v) is 5.21. The van der Waals surface area contributed by atoms with Crippen LogP contribution in [0.25, 0.3) is 0 Å². The molecule has 0 amide bonds. The van der Waals surface area contributed by atoms with Crippen molar-refractivity contribution in [1.29, 1.82) is 0 Å². The van der Waals surface area contributed by atoms with Gasteiger partial charge in [0.1, 0.15) is 0 Å². The Morgan fingerprint density at radius 1 is 1.07 bits per heavy atom. The highest BCUT2D eigenvalue weighted by atomic mass is 35.5. The maximum atomic E-state index is 13.5. The van der Waals surface area contributed by atoms with Crippen molar-refractivity contribution in [1.82, 2.24) is 0 Å². The van der Waals surface area contributed by atoms with E-state index in [9.17, 15) is 43.9 Å². The van der Waals surface area contributed by atoms with Gasteiger partial charge in [0, 0.05) is 5.02 Å². The number of esters is 1. The van der Waals surface area contributed by atoms with Crippen LogP contribution in [0.15, 0.2) is 24.3 Å². The lowest BCUT2D eigenvalue weighted by Crippen LogP contribution is -2.57. The van der Waals surface area contributed by atoms with Crippen LogP contribution in [0, 0.1) is 0 Å². The van der Waals surface area contributed by atoms with Crippen molar-refractivity contribution >= 4 is 27.7 Å². The van der Waals surface area contributed by atoms with Gasteiger partial charge in [0.25, 0.3) is 0 Å². The minimum Gasteiger partial charge on any atom is -0.467 e. The Kier molecular flexibility index (Phi) is 7.93. The number of carbonyl (C=O) groups excluding carboxylic acids is 1. The first kappa shape index (κ1) is 25.4. The smallest absolute Gasteiger partial charge is 0.461 e. The van der Waals surface area contributed by atoms with E-state index in [-0.39, 0.29) is 12.8 Å². The van der Waals surface area contributed by atoms with E-state index in [2.05, 4.69) is 8.92 Å². The molecule has 0 saturated heterocycles. The molecule has 0 aliphatic heterocycles. The molecule has 14 heteroatoms. The highest BCUT2D eigenvalue weighted by molar-refractivity contribution is 7.87. The van der Waals surface area contributed by atoms with E-state index in [4.69, 9.17) is 11.6 Å². The van der Waals surface area contributed by atoms with Crippen LogP contribution in [-0.2, 0) is 30.3 Å². The molecule has 0 radical (unpaired) electrons. The molecule has 5 nitrogen and oxygen atoms in total. The van der Waals surface area contributed by atoms with E-state index in [0.29, 0.717) is 17.7 Å². The van der Waals surface area contributed by atoms with Gasteiger partial charge < -0.3 is 4.74 Å². The van der Waals surface area contributed by atoms with Gasteiger partial charge in [0.05, 0.1) is 7.11 Å². The molecule has 0 N–H and O–H groups in total. The van der Waals surface area contributed by atoms with Crippen molar-refractivity contribution in [3.63, 3.8) is 0 Å². The summed E-state index contributed by atoms with van der Waals surface area (Å²) in [4.78, 5) is 11.6. The fourth-order valence-corrected chi connectivity index (χ4v) is 3.17. The van der Waals surface area contributed by atoms with Crippen LogP contribution < -0.4 is 0 Å². The maximum Gasteiger partial charge on any atom is 0.461 e. The van der Waals surface area contributed by atoms with E-state index in [1.54, 1.807) is 12.1 Å². The number of alkyl halides is 7. The highest BCUT2D eigenvalue weighted by Gasteiger charge is 2.79. The van der Waals surface area contributed by atoms with Crippen molar-refractivity contribution in [2.45, 2.75) is 42.7 Å². The van der Waals surface area contributed by atoms with E-state index < -0.39 is 46.0 Å². The van der Waals surface area contributed by atoms with Gasteiger partial charge in [-0.3, -0.25) is 4.18 Å². The summed E-state index contributed by atoms with van der Waals surface area (Å²) in [7, 11) is -6.16. The molecular weight excluding hydrogens is 461 g/mol. The van der Waals surface area contributed by atoms with Crippen molar-refractivity contribution in [2.75, 3.05) is 7.11 Å². The number of carbonyl (C=O) groups is 1. The molecule has 0 heterocycles. The summed E-state index contributed by atoms with van der Waals surface area (Å²) in [6.45, 7) is 0. The number of halogens is 8. The Balaban J connectivity index is 2.98. The molecule has 0 aromatic heterocycles. The molecule has 1 atom stereocenters. The van der Waals surface area contributed by atoms with Gasteiger partial charge in [-0.15, -0.1) is 0 Å². The van der Waals surface area contributed by atoms with Gasteiger partial charge >= 0.3 is 33.4 Å². The third-order valence-electron chi connectivity index (χ3n) is 3.59. The molecule has 29 heavy (non-hydrogen) atoms. The number of hydrogen-bond donors (Lipinski definition) is 0. The van der Waals surface area contributed by atoms with E-state index in [1.807, 2.05) is 0 Å². The van der Waals surface area contributed by atoms with Crippen LogP contribution >= 0.6 is 11.6 Å². The predicted octanol–water partition coefficient (Wildman–Crippen LogP) is 4.34. The van der Waals surface area contributed by atoms with E-state index >= 15 is 0 Å². The quantitative estimate of drug-likeness (QED) is 0.302. The largest absolute Gasteiger partial charge is 0.467 e. The molecule has 0 aliphatic carbocycles. The first-order valence-corrected chi connectivity index (χ1v) is 9.43. The molecule has 1 rings (SSSR count). The van der Waals surface area contributed by atoms with Gasteiger partial charge in [-0.05, 0) is 37.0 Å². The molecule has 0 spiro atoms. The summed E-state index contributed by atoms with van der Waals surface area (Å²) < 4.78 is 120. The molecule has 0 aliphatic rings. The number of hydrogen-bond acceptors (Lipinski definition) is 5. The zero-order chi connectivity index (χ0) is 22.7. The van der Waals surface area contributed by atoms with Crippen molar-refractivity contribution in [3.8, 4) is 0 Å². The van der Waals surface area contributed by atoms with Crippen LogP contribution in [-0.4, -0.2) is 45.0 Å². The Hall–Kier alpha value is -1.60. The Labute approximate surface area is 165 Å². The molecule has 1 unspecified atom stereocenters. The predicted molar refractivity (Wildman–Crippen MR) is 86.1 cm³/mol. The van der Waals surface area contributed by atoms with Crippen LogP contribution in [0.5, 0.6) is 0 Å². The first-order valence-electron chi connectivity index (χ1n) is 7.64. The van der Waals surface area contributed by atoms with Crippen molar-refractivity contribution in [2.24, 2.45) is 0 Å². The molecule has 0 saturated carbocycles. The SMILES string of the molecule is COC(=O)C(CCCc1ccc(Cl)cc1)OS(=O)(=O)C(F)(F)C(F)(F)C(F)(F)F. The fourth-order valence-electron chi connectivity index (χ4n) is 2.01. The lowest BCUT2D eigenvalue weighted by molar-refractivity contribution is -0.333. The van der Waals surface area contributed by atoms with Crippen LogP contribution in [0.2, 0.25) is 5.02 Å². The number of benzene rings is 1. The normalized spacial score (nSPS) is 14.5. The zero-order valence-electron chi connectivity index (χ0n) is 14.5. The Bertz CT molecular complexity index is 809. The van der Waals surface area contributed by atoms with Crippen LogP contribution in [0.1, 0.15) is 18.4 Å². The Morgan fingerprint density at radius 3 is 2.03 bits per heavy atom. The molecular formula is C15H14ClF7O5S. The lowest BCUT2D eigenvalue weighted by Gasteiger charge is -2.28. The highest BCUT2D eigenvalue weighted by Crippen LogP contribution is 2.49.